The third-order valence-corrected chi connectivity index (χ3v) is 5.22. The normalized spacial score (nSPS) is 20.4. The summed E-state index contributed by atoms with van der Waals surface area (Å²) in [5, 5.41) is 3.06. The van der Waals surface area contributed by atoms with E-state index in [0.717, 1.165) is 43.4 Å². The van der Waals surface area contributed by atoms with Crippen molar-refractivity contribution in [2.45, 2.75) is 59.3 Å². The van der Waals surface area contributed by atoms with Gasteiger partial charge in [-0.05, 0) is 75.1 Å². The van der Waals surface area contributed by atoms with Crippen LogP contribution >= 0.6 is 0 Å². The van der Waals surface area contributed by atoms with Gasteiger partial charge in [0.1, 0.15) is 5.75 Å². The molecule has 0 saturated carbocycles. The summed E-state index contributed by atoms with van der Waals surface area (Å²) in [6.45, 7) is 11.9. The van der Waals surface area contributed by atoms with Crippen molar-refractivity contribution in [1.29, 1.82) is 0 Å². The molecule has 152 valence electrons. The van der Waals surface area contributed by atoms with Gasteiger partial charge in [-0.1, -0.05) is 26.0 Å². The number of likely N-dealkylation sites (tertiary alicyclic amines) is 1. The van der Waals surface area contributed by atoms with E-state index in [9.17, 15) is 4.79 Å². The van der Waals surface area contributed by atoms with E-state index < -0.39 is 0 Å². The zero-order valence-electron chi connectivity index (χ0n) is 17.5. The zero-order chi connectivity index (χ0) is 19.5. The number of rotatable bonds is 11. The van der Waals surface area contributed by atoms with Gasteiger partial charge in [0.05, 0.1) is 6.61 Å². The maximum absolute atomic E-state index is 11.9. The fourth-order valence-corrected chi connectivity index (χ4v) is 4.03. The molecule has 1 aromatic carbocycles. The van der Waals surface area contributed by atoms with Crippen molar-refractivity contribution in [3.05, 3.63) is 29.8 Å². The minimum Gasteiger partial charge on any atom is -0.494 e. The fourth-order valence-electron chi connectivity index (χ4n) is 4.03. The van der Waals surface area contributed by atoms with Gasteiger partial charge >= 0.3 is 0 Å². The largest absolute Gasteiger partial charge is 0.494 e. The topological polar surface area (TPSA) is 41.6 Å². The molecule has 0 radical (unpaired) electrons. The molecule has 1 saturated heterocycles. The highest BCUT2D eigenvalue weighted by Crippen LogP contribution is 2.21. The smallest absolute Gasteiger partial charge is 0.219 e. The Kier molecular flexibility index (Phi) is 9.68. The molecule has 1 amide bonds. The number of nitrogens with zero attached hydrogens (tertiary/aromatic N) is 1. The first-order chi connectivity index (χ1) is 13.0. The first-order valence-corrected chi connectivity index (χ1v) is 10.7. The predicted molar refractivity (Wildman–Crippen MR) is 112 cm³/mol. The van der Waals surface area contributed by atoms with E-state index in [1.54, 1.807) is 0 Å². The number of unbranched alkanes of at least 4 members (excludes halogenated alkanes) is 2. The Morgan fingerprint density at radius 2 is 1.93 bits per heavy atom. The molecular formula is C23H38N2O2. The van der Waals surface area contributed by atoms with Crippen LogP contribution < -0.4 is 10.1 Å². The summed E-state index contributed by atoms with van der Waals surface area (Å²) in [4.78, 5) is 14.5. The van der Waals surface area contributed by atoms with Crippen LogP contribution in [0.4, 0.5) is 0 Å². The number of ether oxygens (including phenoxy) is 1. The minimum absolute atomic E-state index is 0.172. The Balaban J connectivity index is 1.43. The molecule has 0 spiro atoms. The Morgan fingerprint density at radius 3 is 2.67 bits per heavy atom. The van der Waals surface area contributed by atoms with E-state index in [2.05, 4.69) is 37.1 Å². The average Bonchev–Trinajstić information content (AvgIpc) is 2.60. The second-order valence-corrected chi connectivity index (χ2v) is 8.38. The molecule has 1 aromatic rings. The lowest BCUT2D eigenvalue weighted by Crippen LogP contribution is -2.39. The Bertz CT molecular complexity index is 551. The van der Waals surface area contributed by atoms with E-state index in [-0.39, 0.29) is 5.91 Å². The van der Waals surface area contributed by atoms with E-state index >= 15 is 0 Å². The summed E-state index contributed by atoms with van der Waals surface area (Å²) < 4.78 is 5.72. The zero-order valence-corrected chi connectivity index (χ0v) is 17.5. The summed E-state index contributed by atoms with van der Waals surface area (Å²) in [5.41, 5.74) is 1.20. The van der Waals surface area contributed by atoms with E-state index in [4.69, 9.17) is 4.74 Å². The van der Waals surface area contributed by atoms with Crippen LogP contribution in [-0.2, 0) is 4.79 Å². The third kappa shape index (κ3) is 9.28. The highest BCUT2D eigenvalue weighted by atomic mass is 16.5. The number of hydrogen-bond acceptors (Lipinski definition) is 3. The first kappa shape index (κ1) is 21.7. The molecule has 0 bridgehead atoms. The van der Waals surface area contributed by atoms with E-state index in [1.165, 1.54) is 38.0 Å². The first-order valence-electron chi connectivity index (χ1n) is 10.7. The summed E-state index contributed by atoms with van der Waals surface area (Å²) in [6, 6.07) is 8.08. The maximum atomic E-state index is 11.9. The van der Waals surface area contributed by atoms with Gasteiger partial charge in [-0.15, -0.1) is 0 Å². The van der Waals surface area contributed by atoms with Gasteiger partial charge in [0.25, 0.3) is 0 Å². The summed E-state index contributed by atoms with van der Waals surface area (Å²) in [7, 11) is 0. The molecule has 0 aliphatic carbocycles. The lowest BCUT2D eigenvalue weighted by Gasteiger charge is -2.34. The fraction of sp³-hybridized carbons (Fsp3) is 0.696. The van der Waals surface area contributed by atoms with Crippen LogP contribution in [0.15, 0.2) is 24.3 Å². The molecule has 1 fully saturated rings. The number of piperidine rings is 1. The van der Waals surface area contributed by atoms with Crippen molar-refractivity contribution < 1.29 is 9.53 Å². The Morgan fingerprint density at radius 1 is 1.15 bits per heavy atom. The summed E-state index contributed by atoms with van der Waals surface area (Å²) in [5.74, 6) is 2.73. The molecule has 1 N–H and O–H groups in total. The monoisotopic (exact) mass is 374 g/mol. The number of nitrogens with one attached hydrogen (secondary N) is 1. The quantitative estimate of drug-likeness (QED) is 0.583. The lowest BCUT2D eigenvalue weighted by atomic mass is 9.92. The molecule has 0 aromatic heterocycles. The third-order valence-electron chi connectivity index (χ3n) is 5.22. The molecular weight excluding hydrogens is 336 g/mol. The lowest BCUT2D eigenvalue weighted by molar-refractivity contribution is -0.121. The molecule has 2 rings (SSSR count). The number of carbonyl (C=O) groups excluding carboxylic acids is 1. The molecule has 27 heavy (non-hydrogen) atoms. The van der Waals surface area contributed by atoms with Crippen molar-refractivity contribution in [3.8, 4) is 5.75 Å². The SMILES string of the molecule is Cc1cccc(OCCCCC(=O)NCCCCN2CC(C)CC(C)C2)c1. The van der Waals surface area contributed by atoms with Crippen LogP contribution in [0.5, 0.6) is 5.75 Å². The number of amides is 1. The van der Waals surface area contributed by atoms with Crippen molar-refractivity contribution >= 4 is 5.91 Å². The van der Waals surface area contributed by atoms with Gasteiger partial charge in [0.2, 0.25) is 5.91 Å². The van der Waals surface area contributed by atoms with E-state index in [0.29, 0.717) is 13.0 Å². The van der Waals surface area contributed by atoms with Gasteiger partial charge in [-0.2, -0.15) is 0 Å². The van der Waals surface area contributed by atoms with Crippen molar-refractivity contribution in [3.63, 3.8) is 0 Å². The van der Waals surface area contributed by atoms with Crippen LogP contribution in [0.2, 0.25) is 0 Å². The average molecular weight is 375 g/mol. The molecule has 2 unspecified atom stereocenters. The molecule has 2 atom stereocenters. The maximum Gasteiger partial charge on any atom is 0.219 e. The molecule has 1 aliphatic heterocycles. The van der Waals surface area contributed by atoms with Gasteiger partial charge < -0.3 is 15.0 Å². The highest BCUT2D eigenvalue weighted by Gasteiger charge is 2.20. The summed E-state index contributed by atoms with van der Waals surface area (Å²) >= 11 is 0. The second-order valence-electron chi connectivity index (χ2n) is 8.38. The van der Waals surface area contributed by atoms with Gasteiger partial charge in [0.15, 0.2) is 0 Å². The highest BCUT2D eigenvalue weighted by molar-refractivity contribution is 5.75. The van der Waals surface area contributed by atoms with Crippen molar-refractivity contribution in [2.75, 3.05) is 32.8 Å². The van der Waals surface area contributed by atoms with Crippen molar-refractivity contribution in [1.82, 2.24) is 10.2 Å². The summed E-state index contributed by atoms with van der Waals surface area (Å²) in [6.07, 6.45) is 5.99. The van der Waals surface area contributed by atoms with Crippen LogP contribution in [0, 0.1) is 18.8 Å². The van der Waals surface area contributed by atoms with Crippen molar-refractivity contribution in [2.24, 2.45) is 11.8 Å². The molecule has 1 aliphatic rings. The molecule has 4 nitrogen and oxygen atoms in total. The molecule has 1 heterocycles. The number of carbonyl (C=O) groups is 1. The van der Waals surface area contributed by atoms with Gasteiger partial charge in [-0.25, -0.2) is 0 Å². The standard InChI is InChI=1S/C23H38N2O2/c1-19-9-8-10-22(16-19)27-14-7-4-11-23(26)24-12-5-6-13-25-17-20(2)15-21(3)18-25/h8-10,16,20-21H,4-7,11-15,17-18H2,1-3H3,(H,24,26). The Labute approximate surface area is 165 Å². The van der Waals surface area contributed by atoms with Gasteiger partial charge in [-0.3, -0.25) is 4.79 Å². The number of aryl methyl sites for hydroxylation is 1. The second kappa shape index (κ2) is 12.0. The predicted octanol–water partition coefficient (Wildman–Crippen LogP) is 4.42. The van der Waals surface area contributed by atoms with Crippen LogP contribution in [0.1, 0.15) is 57.9 Å². The van der Waals surface area contributed by atoms with Crippen LogP contribution in [0.25, 0.3) is 0 Å². The van der Waals surface area contributed by atoms with Gasteiger partial charge in [0, 0.05) is 26.1 Å². The van der Waals surface area contributed by atoms with Crippen LogP contribution in [-0.4, -0.2) is 43.6 Å². The molecule has 4 heteroatoms. The minimum atomic E-state index is 0.172. The number of hydrogen-bond donors (Lipinski definition) is 1. The Hall–Kier alpha value is -1.55. The van der Waals surface area contributed by atoms with Crippen LogP contribution in [0.3, 0.4) is 0 Å². The van der Waals surface area contributed by atoms with E-state index in [1.807, 2.05) is 18.2 Å². The number of benzene rings is 1.